The molecule has 26 heavy (non-hydrogen) atoms. The van der Waals surface area contributed by atoms with E-state index in [1.807, 2.05) is 42.5 Å². The Labute approximate surface area is 152 Å². The summed E-state index contributed by atoms with van der Waals surface area (Å²) in [5.74, 6) is 0.772. The normalized spacial score (nSPS) is 15.6. The van der Waals surface area contributed by atoms with E-state index in [4.69, 9.17) is 14.2 Å². The van der Waals surface area contributed by atoms with Crippen molar-refractivity contribution in [2.24, 2.45) is 0 Å². The molecule has 0 radical (unpaired) electrons. The Hall–Kier alpha value is -3.02. The van der Waals surface area contributed by atoms with E-state index < -0.39 is 0 Å². The van der Waals surface area contributed by atoms with Crippen molar-refractivity contribution in [2.45, 2.75) is 12.5 Å². The Morgan fingerprint density at radius 2 is 1.77 bits per heavy atom. The lowest BCUT2D eigenvalue weighted by atomic mass is 9.97. The summed E-state index contributed by atoms with van der Waals surface area (Å²) in [6, 6.07) is 12.8. The van der Waals surface area contributed by atoms with Crippen LogP contribution in [0.4, 0.5) is 0 Å². The maximum atomic E-state index is 12.9. The summed E-state index contributed by atoms with van der Waals surface area (Å²) >= 11 is 0. The van der Waals surface area contributed by atoms with Gasteiger partial charge in [0.1, 0.15) is 0 Å². The SMILES string of the molecule is COC(=O)CCN1C(=O)c2ccccc2C1c1ccc(OC)c(OC)c1. The van der Waals surface area contributed by atoms with Gasteiger partial charge in [-0.1, -0.05) is 24.3 Å². The van der Waals surface area contributed by atoms with Gasteiger partial charge in [0.15, 0.2) is 11.5 Å². The molecule has 1 aliphatic heterocycles. The van der Waals surface area contributed by atoms with E-state index in [1.165, 1.54) is 7.11 Å². The second-order valence-electron chi connectivity index (χ2n) is 5.93. The summed E-state index contributed by atoms with van der Waals surface area (Å²) < 4.78 is 15.4. The van der Waals surface area contributed by atoms with Crippen LogP contribution in [0, 0.1) is 0 Å². The van der Waals surface area contributed by atoms with Crippen LogP contribution in [0.25, 0.3) is 0 Å². The number of ether oxygens (including phenoxy) is 3. The lowest BCUT2D eigenvalue weighted by molar-refractivity contribution is -0.140. The fraction of sp³-hybridized carbons (Fsp3) is 0.300. The van der Waals surface area contributed by atoms with Crippen molar-refractivity contribution < 1.29 is 23.8 Å². The van der Waals surface area contributed by atoms with Crippen LogP contribution in [0.1, 0.15) is 33.9 Å². The Morgan fingerprint density at radius 3 is 2.46 bits per heavy atom. The summed E-state index contributed by atoms with van der Waals surface area (Å²) in [7, 11) is 4.49. The molecule has 1 aliphatic rings. The predicted octanol–water partition coefficient (Wildman–Crippen LogP) is 2.81. The number of hydrogen-bond acceptors (Lipinski definition) is 5. The van der Waals surface area contributed by atoms with Crippen molar-refractivity contribution in [3.8, 4) is 11.5 Å². The van der Waals surface area contributed by atoms with Crippen LogP contribution < -0.4 is 9.47 Å². The van der Waals surface area contributed by atoms with Crippen molar-refractivity contribution in [2.75, 3.05) is 27.9 Å². The van der Waals surface area contributed by atoms with E-state index in [0.29, 0.717) is 17.1 Å². The highest BCUT2D eigenvalue weighted by Crippen LogP contribution is 2.41. The summed E-state index contributed by atoms with van der Waals surface area (Å²) in [5, 5.41) is 0. The lowest BCUT2D eigenvalue weighted by Gasteiger charge is -2.26. The minimum Gasteiger partial charge on any atom is -0.493 e. The van der Waals surface area contributed by atoms with Gasteiger partial charge in [-0.2, -0.15) is 0 Å². The van der Waals surface area contributed by atoms with E-state index >= 15 is 0 Å². The molecule has 0 aliphatic carbocycles. The van der Waals surface area contributed by atoms with E-state index in [2.05, 4.69) is 0 Å². The van der Waals surface area contributed by atoms with Gasteiger partial charge in [0, 0.05) is 12.1 Å². The number of benzene rings is 2. The number of nitrogens with zero attached hydrogens (tertiary/aromatic N) is 1. The molecule has 0 saturated carbocycles. The molecule has 2 aromatic rings. The maximum Gasteiger partial charge on any atom is 0.307 e. The molecule has 1 unspecified atom stereocenters. The first kappa shape index (κ1) is 17.8. The molecule has 1 amide bonds. The molecule has 0 bridgehead atoms. The largest absolute Gasteiger partial charge is 0.493 e. The van der Waals surface area contributed by atoms with Gasteiger partial charge < -0.3 is 19.1 Å². The molecule has 136 valence electrons. The lowest BCUT2D eigenvalue weighted by Crippen LogP contribution is -2.31. The Balaban J connectivity index is 2.02. The minimum atomic E-state index is -0.347. The average Bonchev–Trinajstić information content (AvgIpc) is 2.97. The third kappa shape index (κ3) is 3.10. The number of hydrogen-bond donors (Lipinski definition) is 0. The molecule has 0 spiro atoms. The Kier molecular flexibility index (Phi) is 5.11. The van der Waals surface area contributed by atoms with Crippen molar-refractivity contribution in [3.05, 3.63) is 59.2 Å². The maximum absolute atomic E-state index is 12.9. The van der Waals surface area contributed by atoms with E-state index in [0.717, 1.165) is 11.1 Å². The fourth-order valence-corrected chi connectivity index (χ4v) is 3.30. The van der Waals surface area contributed by atoms with Crippen LogP contribution in [-0.2, 0) is 9.53 Å². The summed E-state index contributed by atoms with van der Waals surface area (Å²) in [4.78, 5) is 26.2. The van der Waals surface area contributed by atoms with Crippen LogP contribution in [0.5, 0.6) is 11.5 Å². The van der Waals surface area contributed by atoms with Crippen molar-refractivity contribution in [1.82, 2.24) is 4.90 Å². The van der Waals surface area contributed by atoms with Gasteiger partial charge in [0.2, 0.25) is 0 Å². The van der Waals surface area contributed by atoms with Gasteiger partial charge in [-0.25, -0.2) is 0 Å². The number of rotatable bonds is 6. The highest BCUT2D eigenvalue weighted by atomic mass is 16.5. The molecule has 1 atom stereocenters. The van der Waals surface area contributed by atoms with E-state index in [-0.39, 0.29) is 30.9 Å². The number of methoxy groups -OCH3 is 3. The topological polar surface area (TPSA) is 65.1 Å². The standard InChI is InChI=1S/C20H21NO5/c1-24-16-9-8-13(12-17(16)25-2)19-14-6-4-5-7-15(14)20(23)21(19)11-10-18(22)26-3/h4-9,12,19H,10-11H2,1-3H3. The van der Waals surface area contributed by atoms with Crippen LogP contribution in [0.15, 0.2) is 42.5 Å². The van der Waals surface area contributed by atoms with Crippen molar-refractivity contribution in [1.29, 1.82) is 0 Å². The molecular weight excluding hydrogens is 334 g/mol. The van der Waals surface area contributed by atoms with Crippen LogP contribution in [0.2, 0.25) is 0 Å². The third-order valence-corrected chi connectivity index (χ3v) is 4.57. The summed E-state index contributed by atoms with van der Waals surface area (Å²) in [5.41, 5.74) is 2.46. The number of amides is 1. The summed E-state index contributed by atoms with van der Waals surface area (Å²) in [6.07, 6.45) is 0.139. The second-order valence-corrected chi connectivity index (χ2v) is 5.93. The molecule has 0 aromatic heterocycles. The number of fused-ring (bicyclic) bond motifs is 1. The van der Waals surface area contributed by atoms with Crippen molar-refractivity contribution >= 4 is 11.9 Å². The van der Waals surface area contributed by atoms with Gasteiger partial charge in [-0.05, 0) is 29.3 Å². The molecule has 3 rings (SSSR count). The van der Waals surface area contributed by atoms with Gasteiger partial charge in [0.25, 0.3) is 5.91 Å². The predicted molar refractivity (Wildman–Crippen MR) is 95.5 cm³/mol. The van der Waals surface area contributed by atoms with Crippen LogP contribution in [0.3, 0.4) is 0 Å². The average molecular weight is 355 g/mol. The monoisotopic (exact) mass is 355 g/mol. The second kappa shape index (κ2) is 7.47. The quantitative estimate of drug-likeness (QED) is 0.746. The van der Waals surface area contributed by atoms with E-state index in [1.54, 1.807) is 19.1 Å². The Bertz CT molecular complexity index is 833. The zero-order valence-corrected chi connectivity index (χ0v) is 15.0. The molecule has 6 nitrogen and oxygen atoms in total. The first-order valence-electron chi connectivity index (χ1n) is 8.29. The molecule has 0 saturated heterocycles. The van der Waals surface area contributed by atoms with E-state index in [9.17, 15) is 9.59 Å². The highest BCUT2D eigenvalue weighted by Gasteiger charge is 2.37. The first-order chi connectivity index (χ1) is 12.6. The number of carbonyl (C=O) groups is 2. The molecule has 0 N–H and O–H groups in total. The van der Waals surface area contributed by atoms with Gasteiger partial charge in [-0.3, -0.25) is 9.59 Å². The highest BCUT2D eigenvalue weighted by molar-refractivity contribution is 6.00. The zero-order valence-electron chi connectivity index (χ0n) is 15.0. The first-order valence-corrected chi connectivity index (χ1v) is 8.29. The van der Waals surface area contributed by atoms with Gasteiger partial charge >= 0.3 is 5.97 Å². The molecule has 6 heteroatoms. The molecule has 0 fully saturated rings. The Morgan fingerprint density at radius 1 is 1.04 bits per heavy atom. The number of carbonyl (C=O) groups excluding carboxylic acids is 2. The van der Waals surface area contributed by atoms with Crippen molar-refractivity contribution in [3.63, 3.8) is 0 Å². The zero-order chi connectivity index (χ0) is 18.7. The third-order valence-electron chi connectivity index (χ3n) is 4.57. The van der Waals surface area contributed by atoms with Gasteiger partial charge in [0.05, 0.1) is 33.8 Å². The molecule has 1 heterocycles. The van der Waals surface area contributed by atoms with Crippen LogP contribution >= 0.6 is 0 Å². The number of esters is 1. The van der Waals surface area contributed by atoms with Gasteiger partial charge in [-0.15, -0.1) is 0 Å². The fourth-order valence-electron chi connectivity index (χ4n) is 3.30. The summed E-state index contributed by atoms with van der Waals surface area (Å²) in [6.45, 7) is 0.277. The molecular formula is C20H21NO5. The van der Waals surface area contributed by atoms with Crippen LogP contribution in [-0.4, -0.2) is 44.7 Å². The molecule has 2 aromatic carbocycles. The minimum absolute atomic E-state index is 0.0933. The smallest absolute Gasteiger partial charge is 0.307 e.